The molecule has 1 aromatic rings. The molecule has 0 heterocycles. The molecule has 0 bridgehead atoms. The van der Waals surface area contributed by atoms with Gasteiger partial charge in [-0.25, -0.2) is 0 Å². The van der Waals surface area contributed by atoms with E-state index in [1.165, 1.54) is 0 Å². The van der Waals surface area contributed by atoms with Crippen LogP contribution in [0.2, 0.25) is 0 Å². The van der Waals surface area contributed by atoms with Gasteiger partial charge < -0.3 is 10.1 Å². The van der Waals surface area contributed by atoms with Crippen LogP contribution >= 0.6 is 0 Å². The number of ether oxygens (including phenoxy) is 1. The highest BCUT2D eigenvalue weighted by atomic mass is 16.5. The zero-order valence-corrected chi connectivity index (χ0v) is 12.9. The van der Waals surface area contributed by atoms with Crippen molar-refractivity contribution in [3.8, 4) is 0 Å². The molecule has 1 aromatic carbocycles. The molecule has 0 unspecified atom stereocenters. The summed E-state index contributed by atoms with van der Waals surface area (Å²) in [6.07, 6.45) is 2.10. The van der Waals surface area contributed by atoms with Crippen molar-refractivity contribution in [1.82, 2.24) is 0 Å². The number of benzene rings is 1. The molecule has 5 nitrogen and oxygen atoms in total. The Bertz CT molecular complexity index is 565. The van der Waals surface area contributed by atoms with Crippen LogP contribution in [0.4, 0.5) is 5.69 Å². The normalized spacial score (nSPS) is 19.4. The minimum absolute atomic E-state index is 0.0380. The highest BCUT2D eigenvalue weighted by Gasteiger charge is 2.40. The summed E-state index contributed by atoms with van der Waals surface area (Å²) in [6, 6.07) is 6.59. The second kappa shape index (κ2) is 7.20. The van der Waals surface area contributed by atoms with Crippen molar-refractivity contribution in [2.45, 2.75) is 33.1 Å². The summed E-state index contributed by atoms with van der Waals surface area (Å²) in [4.78, 5) is 35.0. The summed E-state index contributed by atoms with van der Waals surface area (Å²) in [5.74, 6) is -0.246. The summed E-state index contributed by atoms with van der Waals surface area (Å²) >= 11 is 0. The standard InChI is InChI=1S/C17H21NO4/c1-3-4-16(20)18-13-7-5-12(6-8-13)15(19)10-22-17(21)14-9-11(14)2/h5-8,11,14H,3-4,9-10H2,1-2H3,(H,18,20)/t11-,14+/m1/s1. The number of nitrogens with one attached hydrogen (secondary N) is 1. The van der Waals surface area contributed by atoms with Crippen molar-refractivity contribution in [2.24, 2.45) is 11.8 Å². The lowest BCUT2D eigenvalue weighted by molar-refractivity contribution is -0.144. The number of Topliss-reactive ketones (excluding diaryl/α,β-unsaturated/α-hetero) is 1. The Balaban J connectivity index is 1.82. The largest absolute Gasteiger partial charge is 0.457 e. The van der Waals surface area contributed by atoms with Gasteiger partial charge in [-0.15, -0.1) is 0 Å². The van der Waals surface area contributed by atoms with Crippen molar-refractivity contribution in [3.05, 3.63) is 29.8 Å². The maximum Gasteiger partial charge on any atom is 0.309 e. The molecule has 0 spiro atoms. The fraction of sp³-hybridized carbons (Fsp3) is 0.471. The molecule has 1 amide bonds. The molecule has 5 heteroatoms. The van der Waals surface area contributed by atoms with Crippen LogP contribution in [0.1, 0.15) is 43.5 Å². The van der Waals surface area contributed by atoms with E-state index in [9.17, 15) is 14.4 Å². The zero-order chi connectivity index (χ0) is 16.1. The number of hydrogen-bond donors (Lipinski definition) is 1. The second-order valence-electron chi connectivity index (χ2n) is 5.73. The lowest BCUT2D eigenvalue weighted by Gasteiger charge is -2.06. The molecular weight excluding hydrogens is 282 g/mol. The predicted molar refractivity (Wildman–Crippen MR) is 82.5 cm³/mol. The van der Waals surface area contributed by atoms with Gasteiger partial charge in [-0.1, -0.05) is 13.8 Å². The number of carbonyl (C=O) groups excluding carboxylic acids is 3. The van der Waals surface area contributed by atoms with Crippen LogP contribution in [0.5, 0.6) is 0 Å². The van der Waals surface area contributed by atoms with Gasteiger partial charge >= 0.3 is 5.97 Å². The molecule has 1 fully saturated rings. The molecule has 0 radical (unpaired) electrons. The molecule has 1 aliphatic carbocycles. The first-order chi connectivity index (χ1) is 10.5. The van der Waals surface area contributed by atoms with E-state index < -0.39 is 0 Å². The molecule has 0 saturated heterocycles. The number of hydrogen-bond acceptors (Lipinski definition) is 4. The third-order valence-electron chi connectivity index (χ3n) is 3.73. The van der Waals surface area contributed by atoms with E-state index >= 15 is 0 Å². The Morgan fingerprint density at radius 2 is 1.86 bits per heavy atom. The SMILES string of the molecule is CCCC(=O)Nc1ccc(C(=O)COC(=O)[C@H]2C[C@H]2C)cc1. The minimum Gasteiger partial charge on any atom is -0.457 e. The first kappa shape index (κ1) is 16.2. The smallest absolute Gasteiger partial charge is 0.309 e. The van der Waals surface area contributed by atoms with E-state index in [0.29, 0.717) is 23.6 Å². The molecule has 22 heavy (non-hydrogen) atoms. The van der Waals surface area contributed by atoms with E-state index in [4.69, 9.17) is 4.74 Å². The van der Waals surface area contributed by atoms with Gasteiger partial charge in [-0.05, 0) is 43.0 Å². The van der Waals surface area contributed by atoms with Crippen LogP contribution in [0.3, 0.4) is 0 Å². The average Bonchev–Trinajstić information content (AvgIpc) is 3.22. The lowest BCUT2D eigenvalue weighted by Crippen LogP contribution is -2.16. The Hall–Kier alpha value is -2.17. The Morgan fingerprint density at radius 1 is 1.23 bits per heavy atom. The van der Waals surface area contributed by atoms with Gasteiger partial charge in [0, 0.05) is 17.7 Å². The summed E-state index contributed by atoms with van der Waals surface area (Å²) in [5.41, 5.74) is 1.11. The quantitative estimate of drug-likeness (QED) is 0.621. The van der Waals surface area contributed by atoms with E-state index in [-0.39, 0.29) is 30.2 Å². The molecule has 1 saturated carbocycles. The maximum atomic E-state index is 11.9. The highest BCUT2D eigenvalue weighted by molar-refractivity contribution is 5.99. The fourth-order valence-corrected chi connectivity index (χ4v) is 2.17. The monoisotopic (exact) mass is 303 g/mol. The number of carbonyl (C=O) groups is 3. The molecule has 2 rings (SSSR count). The summed E-state index contributed by atoms with van der Waals surface area (Å²) in [7, 11) is 0. The lowest BCUT2D eigenvalue weighted by atomic mass is 10.1. The molecule has 118 valence electrons. The van der Waals surface area contributed by atoms with Gasteiger partial charge in [0.05, 0.1) is 5.92 Å². The second-order valence-corrected chi connectivity index (χ2v) is 5.73. The molecule has 2 atom stereocenters. The molecule has 0 aromatic heterocycles. The summed E-state index contributed by atoms with van der Waals surface area (Å²) in [5, 5.41) is 2.75. The van der Waals surface area contributed by atoms with E-state index in [1.54, 1.807) is 24.3 Å². The van der Waals surface area contributed by atoms with Crippen LogP contribution in [-0.4, -0.2) is 24.3 Å². The van der Waals surface area contributed by atoms with Crippen molar-refractivity contribution in [3.63, 3.8) is 0 Å². The highest BCUT2D eigenvalue weighted by Crippen LogP contribution is 2.38. The van der Waals surface area contributed by atoms with E-state index in [2.05, 4.69) is 5.32 Å². The van der Waals surface area contributed by atoms with Crippen LogP contribution in [-0.2, 0) is 14.3 Å². The Kier molecular flexibility index (Phi) is 5.31. The van der Waals surface area contributed by atoms with Crippen molar-refractivity contribution >= 4 is 23.3 Å². The number of rotatable bonds is 7. The van der Waals surface area contributed by atoms with Crippen LogP contribution in [0.15, 0.2) is 24.3 Å². The van der Waals surface area contributed by atoms with Crippen molar-refractivity contribution < 1.29 is 19.1 Å². The van der Waals surface area contributed by atoms with Gasteiger partial charge in [0.25, 0.3) is 0 Å². The number of anilines is 1. The third kappa shape index (κ3) is 4.41. The molecule has 1 N–H and O–H groups in total. The van der Waals surface area contributed by atoms with E-state index in [1.807, 2.05) is 13.8 Å². The number of esters is 1. The van der Waals surface area contributed by atoms with Crippen molar-refractivity contribution in [1.29, 1.82) is 0 Å². The van der Waals surface area contributed by atoms with Crippen molar-refractivity contribution in [2.75, 3.05) is 11.9 Å². The van der Waals surface area contributed by atoms with Crippen LogP contribution in [0, 0.1) is 11.8 Å². The van der Waals surface area contributed by atoms with E-state index in [0.717, 1.165) is 12.8 Å². The van der Waals surface area contributed by atoms with Crippen LogP contribution < -0.4 is 5.32 Å². The molecule has 1 aliphatic rings. The van der Waals surface area contributed by atoms with Gasteiger partial charge in [0.15, 0.2) is 12.4 Å². The molecular formula is C17H21NO4. The first-order valence-electron chi connectivity index (χ1n) is 7.61. The topological polar surface area (TPSA) is 72.5 Å². The Morgan fingerprint density at radius 3 is 2.41 bits per heavy atom. The number of amides is 1. The van der Waals surface area contributed by atoms with Gasteiger partial charge in [-0.2, -0.15) is 0 Å². The Labute approximate surface area is 130 Å². The van der Waals surface area contributed by atoms with Gasteiger partial charge in [0.1, 0.15) is 0 Å². The third-order valence-corrected chi connectivity index (χ3v) is 3.73. The summed E-state index contributed by atoms with van der Waals surface area (Å²) in [6.45, 7) is 3.69. The fourth-order valence-electron chi connectivity index (χ4n) is 2.17. The van der Waals surface area contributed by atoms with Gasteiger partial charge in [-0.3, -0.25) is 14.4 Å². The number of ketones is 1. The first-order valence-corrected chi connectivity index (χ1v) is 7.61. The van der Waals surface area contributed by atoms with Gasteiger partial charge in [0.2, 0.25) is 5.91 Å². The minimum atomic E-state index is -0.288. The van der Waals surface area contributed by atoms with Crippen LogP contribution in [0.25, 0.3) is 0 Å². The zero-order valence-electron chi connectivity index (χ0n) is 12.9. The average molecular weight is 303 g/mol. The molecule has 0 aliphatic heterocycles. The maximum absolute atomic E-state index is 11.9. The predicted octanol–water partition coefficient (Wildman–Crippen LogP) is 2.81. The summed E-state index contributed by atoms with van der Waals surface area (Å²) < 4.78 is 5.02.